The van der Waals surface area contributed by atoms with Crippen molar-refractivity contribution in [2.75, 3.05) is 19.0 Å². The molecule has 0 aliphatic carbocycles. The summed E-state index contributed by atoms with van der Waals surface area (Å²) >= 11 is 1.39. The van der Waals surface area contributed by atoms with Crippen LogP contribution in [0.25, 0.3) is 11.3 Å². The van der Waals surface area contributed by atoms with E-state index in [-0.39, 0.29) is 24.9 Å². The number of ether oxygens (including phenoxy) is 1. The number of thiazole rings is 1. The maximum Gasteiger partial charge on any atom is 0.324 e. The quantitative estimate of drug-likeness (QED) is 0.577. The molecule has 1 aromatic heterocycles. The maximum atomic E-state index is 12.8. The summed E-state index contributed by atoms with van der Waals surface area (Å²) in [5, 5.41) is 5.81. The minimum absolute atomic E-state index is 0.00105. The fourth-order valence-corrected chi connectivity index (χ4v) is 4.08. The molecule has 3 aromatic rings. The monoisotopic (exact) mass is 436 g/mol. The van der Waals surface area contributed by atoms with Crippen LogP contribution in [-0.2, 0) is 11.3 Å². The first kappa shape index (κ1) is 20.5. The highest BCUT2D eigenvalue weighted by molar-refractivity contribution is 7.16. The largest absolute Gasteiger partial charge is 0.497 e. The first-order chi connectivity index (χ1) is 14.9. The highest BCUT2D eigenvalue weighted by Crippen LogP contribution is 2.31. The second-order valence-electron chi connectivity index (χ2n) is 6.95. The number of nitrogens with one attached hydrogen (secondary N) is 2. The Morgan fingerprint density at radius 2 is 2.00 bits per heavy atom. The molecular formula is C22H20N4O4S. The lowest BCUT2D eigenvalue weighted by Crippen LogP contribution is -2.30. The van der Waals surface area contributed by atoms with E-state index in [1.807, 2.05) is 31.2 Å². The van der Waals surface area contributed by atoms with Crippen molar-refractivity contribution in [2.24, 2.45) is 0 Å². The van der Waals surface area contributed by atoms with Gasteiger partial charge in [-0.2, -0.15) is 0 Å². The molecule has 8 nitrogen and oxygen atoms in total. The number of methoxy groups -OCH3 is 1. The lowest BCUT2D eigenvalue weighted by atomic mass is 10.1. The molecule has 4 amide bonds. The van der Waals surface area contributed by atoms with Gasteiger partial charge in [-0.1, -0.05) is 12.1 Å². The average Bonchev–Trinajstić information content (AvgIpc) is 3.30. The number of hydrogen-bond donors (Lipinski definition) is 2. The Labute approximate surface area is 182 Å². The van der Waals surface area contributed by atoms with Gasteiger partial charge in [-0.25, -0.2) is 9.78 Å². The zero-order chi connectivity index (χ0) is 22.0. The molecule has 1 aliphatic rings. The van der Waals surface area contributed by atoms with E-state index in [4.69, 9.17) is 4.74 Å². The number of carbonyl (C=O) groups excluding carboxylic acids is 3. The van der Waals surface area contributed by atoms with Gasteiger partial charge in [0.15, 0.2) is 5.13 Å². The molecule has 158 valence electrons. The molecule has 9 heteroatoms. The SMILES string of the molecule is COc1ccc(-c2nc(NC(=O)c3cccc(CN4C(=O)CNC4=O)c3)sc2C)cc1. The van der Waals surface area contributed by atoms with E-state index in [9.17, 15) is 14.4 Å². The summed E-state index contributed by atoms with van der Waals surface area (Å²) in [6, 6.07) is 14.0. The number of urea groups is 1. The van der Waals surface area contributed by atoms with Crippen LogP contribution in [0.4, 0.5) is 9.93 Å². The number of benzene rings is 2. The van der Waals surface area contributed by atoms with E-state index in [1.54, 1.807) is 31.4 Å². The van der Waals surface area contributed by atoms with E-state index in [0.717, 1.165) is 26.8 Å². The third-order valence-corrected chi connectivity index (χ3v) is 5.73. The normalized spacial score (nSPS) is 13.3. The van der Waals surface area contributed by atoms with Crippen molar-refractivity contribution in [1.82, 2.24) is 15.2 Å². The maximum absolute atomic E-state index is 12.8. The average molecular weight is 436 g/mol. The smallest absolute Gasteiger partial charge is 0.324 e. The molecule has 1 aliphatic heterocycles. The molecule has 31 heavy (non-hydrogen) atoms. The Morgan fingerprint density at radius 3 is 2.68 bits per heavy atom. The number of rotatable bonds is 6. The van der Waals surface area contributed by atoms with E-state index >= 15 is 0 Å². The Kier molecular flexibility index (Phi) is 5.68. The number of anilines is 1. The Morgan fingerprint density at radius 1 is 1.23 bits per heavy atom. The fraction of sp³-hybridized carbons (Fsp3) is 0.182. The minimum Gasteiger partial charge on any atom is -0.497 e. The summed E-state index contributed by atoms with van der Waals surface area (Å²) in [6.45, 7) is 2.06. The Bertz CT molecular complexity index is 1140. The van der Waals surface area contributed by atoms with Crippen molar-refractivity contribution in [3.63, 3.8) is 0 Å². The second-order valence-corrected chi connectivity index (χ2v) is 8.15. The van der Waals surface area contributed by atoms with Gasteiger partial charge >= 0.3 is 6.03 Å². The van der Waals surface area contributed by atoms with Gasteiger partial charge < -0.3 is 10.1 Å². The summed E-state index contributed by atoms with van der Waals surface area (Å²) in [7, 11) is 1.61. The molecule has 0 radical (unpaired) electrons. The summed E-state index contributed by atoms with van der Waals surface area (Å²) in [6.07, 6.45) is 0. The number of imide groups is 1. The first-order valence-electron chi connectivity index (χ1n) is 9.55. The number of carbonyl (C=O) groups is 3. The number of nitrogens with zero attached hydrogens (tertiary/aromatic N) is 2. The molecule has 2 heterocycles. The van der Waals surface area contributed by atoms with Crippen LogP contribution in [0.15, 0.2) is 48.5 Å². The highest BCUT2D eigenvalue weighted by Gasteiger charge is 2.28. The fourth-order valence-electron chi connectivity index (χ4n) is 3.24. The van der Waals surface area contributed by atoms with E-state index in [1.165, 1.54) is 11.3 Å². The summed E-state index contributed by atoms with van der Waals surface area (Å²) in [5.74, 6) is 0.163. The molecule has 1 fully saturated rings. The van der Waals surface area contributed by atoms with Crippen LogP contribution in [0.2, 0.25) is 0 Å². The molecule has 0 spiro atoms. The number of hydrogen-bond acceptors (Lipinski definition) is 6. The highest BCUT2D eigenvalue weighted by atomic mass is 32.1. The molecule has 1 saturated heterocycles. The van der Waals surface area contributed by atoms with Gasteiger partial charge in [-0.05, 0) is 48.9 Å². The summed E-state index contributed by atoms with van der Waals surface area (Å²) in [4.78, 5) is 42.9. The van der Waals surface area contributed by atoms with Crippen molar-refractivity contribution < 1.29 is 19.1 Å². The van der Waals surface area contributed by atoms with Gasteiger partial charge in [0.25, 0.3) is 5.91 Å². The zero-order valence-corrected chi connectivity index (χ0v) is 17.8. The second kappa shape index (κ2) is 8.57. The van der Waals surface area contributed by atoms with Crippen LogP contribution in [0.5, 0.6) is 5.75 Å². The van der Waals surface area contributed by atoms with E-state index in [2.05, 4.69) is 15.6 Å². The van der Waals surface area contributed by atoms with Gasteiger partial charge in [0.2, 0.25) is 5.91 Å². The molecular weight excluding hydrogens is 416 g/mol. The molecule has 2 N–H and O–H groups in total. The van der Waals surface area contributed by atoms with Crippen molar-refractivity contribution in [1.29, 1.82) is 0 Å². The topological polar surface area (TPSA) is 101 Å². The van der Waals surface area contributed by atoms with Gasteiger partial charge in [-0.3, -0.25) is 19.8 Å². The lowest BCUT2D eigenvalue weighted by molar-refractivity contribution is -0.125. The van der Waals surface area contributed by atoms with E-state index in [0.29, 0.717) is 16.3 Å². The van der Waals surface area contributed by atoms with Gasteiger partial charge in [0.05, 0.1) is 25.9 Å². The molecule has 4 rings (SSSR count). The lowest BCUT2D eigenvalue weighted by Gasteiger charge is -2.13. The van der Waals surface area contributed by atoms with Gasteiger partial charge in [0.1, 0.15) is 5.75 Å². The summed E-state index contributed by atoms with van der Waals surface area (Å²) < 4.78 is 5.19. The predicted octanol–water partition coefficient (Wildman–Crippen LogP) is 3.43. The minimum atomic E-state index is -0.427. The standard InChI is InChI=1S/C22H20N4O4S/c1-13-19(15-6-8-17(30-2)9-7-15)24-21(31-13)25-20(28)16-5-3-4-14(10-16)12-26-18(27)11-23-22(26)29/h3-10H,11-12H2,1-2H3,(H,23,29)(H,24,25,28). The first-order valence-corrected chi connectivity index (χ1v) is 10.4. The van der Waals surface area contributed by atoms with Crippen LogP contribution in [0.1, 0.15) is 20.8 Å². The Balaban J connectivity index is 1.48. The van der Waals surface area contributed by atoms with Crippen LogP contribution in [0.3, 0.4) is 0 Å². The van der Waals surface area contributed by atoms with Crippen molar-refractivity contribution in [3.8, 4) is 17.0 Å². The molecule has 0 saturated carbocycles. The molecule has 2 aromatic carbocycles. The zero-order valence-electron chi connectivity index (χ0n) is 17.0. The number of aromatic nitrogens is 1. The molecule has 0 bridgehead atoms. The van der Waals surface area contributed by atoms with E-state index < -0.39 is 6.03 Å². The third-order valence-electron chi connectivity index (χ3n) is 4.85. The number of aryl methyl sites for hydroxylation is 1. The Hall–Kier alpha value is -3.72. The summed E-state index contributed by atoms with van der Waals surface area (Å²) in [5.41, 5.74) is 2.84. The van der Waals surface area contributed by atoms with Crippen molar-refractivity contribution in [3.05, 3.63) is 64.5 Å². The molecule has 0 atom stereocenters. The predicted molar refractivity (Wildman–Crippen MR) is 117 cm³/mol. The molecule has 0 unspecified atom stereocenters. The van der Waals surface area contributed by atoms with Gasteiger partial charge in [0, 0.05) is 16.0 Å². The van der Waals surface area contributed by atoms with Crippen molar-refractivity contribution in [2.45, 2.75) is 13.5 Å². The van der Waals surface area contributed by atoms with Crippen LogP contribution in [-0.4, -0.2) is 41.4 Å². The number of amides is 4. The van der Waals surface area contributed by atoms with Crippen LogP contribution in [0, 0.1) is 6.92 Å². The van der Waals surface area contributed by atoms with Crippen LogP contribution < -0.4 is 15.4 Å². The van der Waals surface area contributed by atoms with Crippen molar-refractivity contribution >= 4 is 34.3 Å². The van der Waals surface area contributed by atoms with Crippen LogP contribution >= 0.6 is 11.3 Å². The third kappa shape index (κ3) is 4.41. The van der Waals surface area contributed by atoms with Gasteiger partial charge in [-0.15, -0.1) is 11.3 Å².